The van der Waals surface area contributed by atoms with E-state index in [0.29, 0.717) is 12.3 Å². The SMILES string of the molecule is Cc1coc(C(=O)NCC(C)(C)N)c1. The van der Waals surface area contributed by atoms with Crippen molar-refractivity contribution in [1.82, 2.24) is 5.32 Å². The Morgan fingerprint density at radius 3 is 2.71 bits per heavy atom. The van der Waals surface area contributed by atoms with Crippen LogP contribution in [0.5, 0.6) is 0 Å². The lowest BCUT2D eigenvalue weighted by atomic mass is 10.1. The smallest absolute Gasteiger partial charge is 0.287 e. The second-order valence-corrected chi connectivity index (χ2v) is 4.16. The van der Waals surface area contributed by atoms with Gasteiger partial charge in [0.1, 0.15) is 0 Å². The van der Waals surface area contributed by atoms with E-state index in [1.54, 1.807) is 12.3 Å². The fourth-order valence-electron chi connectivity index (χ4n) is 0.946. The normalized spacial score (nSPS) is 11.4. The Morgan fingerprint density at radius 2 is 2.29 bits per heavy atom. The molecule has 0 spiro atoms. The van der Waals surface area contributed by atoms with Crippen LogP contribution in [0.3, 0.4) is 0 Å². The molecule has 1 heterocycles. The van der Waals surface area contributed by atoms with E-state index in [-0.39, 0.29) is 5.91 Å². The van der Waals surface area contributed by atoms with Crippen LogP contribution >= 0.6 is 0 Å². The quantitative estimate of drug-likeness (QED) is 0.759. The van der Waals surface area contributed by atoms with Gasteiger partial charge in [-0.1, -0.05) is 0 Å². The van der Waals surface area contributed by atoms with E-state index in [1.165, 1.54) is 0 Å². The summed E-state index contributed by atoms with van der Waals surface area (Å²) in [5.74, 6) is 0.100. The highest BCUT2D eigenvalue weighted by atomic mass is 16.3. The maximum Gasteiger partial charge on any atom is 0.287 e. The average molecular weight is 196 g/mol. The van der Waals surface area contributed by atoms with Crippen molar-refractivity contribution in [2.75, 3.05) is 6.54 Å². The van der Waals surface area contributed by atoms with Crippen molar-refractivity contribution in [3.63, 3.8) is 0 Å². The lowest BCUT2D eigenvalue weighted by Crippen LogP contribution is -2.45. The van der Waals surface area contributed by atoms with Crippen molar-refractivity contribution in [2.24, 2.45) is 5.73 Å². The minimum Gasteiger partial charge on any atom is -0.459 e. The van der Waals surface area contributed by atoms with Gasteiger partial charge in [0.05, 0.1) is 6.26 Å². The molecular formula is C10H16N2O2. The number of furan rings is 1. The Labute approximate surface area is 83.5 Å². The van der Waals surface area contributed by atoms with E-state index in [4.69, 9.17) is 10.2 Å². The number of rotatable bonds is 3. The van der Waals surface area contributed by atoms with Gasteiger partial charge < -0.3 is 15.5 Å². The Kier molecular flexibility index (Phi) is 2.96. The molecule has 0 radical (unpaired) electrons. The number of carbonyl (C=O) groups excluding carboxylic acids is 1. The summed E-state index contributed by atoms with van der Waals surface area (Å²) in [6, 6.07) is 1.69. The fraction of sp³-hybridized carbons (Fsp3) is 0.500. The summed E-state index contributed by atoms with van der Waals surface area (Å²) in [6.45, 7) is 5.99. The maximum absolute atomic E-state index is 11.4. The van der Waals surface area contributed by atoms with Gasteiger partial charge in [0.25, 0.3) is 5.91 Å². The van der Waals surface area contributed by atoms with Crippen LogP contribution in [0.1, 0.15) is 30.0 Å². The Balaban J connectivity index is 2.52. The average Bonchev–Trinajstić information content (AvgIpc) is 2.46. The highest BCUT2D eigenvalue weighted by Crippen LogP contribution is 2.06. The zero-order valence-electron chi connectivity index (χ0n) is 8.76. The van der Waals surface area contributed by atoms with Gasteiger partial charge in [0, 0.05) is 12.1 Å². The Hall–Kier alpha value is -1.29. The molecule has 0 aliphatic rings. The molecule has 0 saturated carbocycles. The molecular weight excluding hydrogens is 180 g/mol. The first-order chi connectivity index (χ1) is 6.38. The van der Waals surface area contributed by atoms with E-state index in [2.05, 4.69) is 5.32 Å². The molecule has 0 saturated heterocycles. The van der Waals surface area contributed by atoms with Gasteiger partial charge >= 0.3 is 0 Å². The highest BCUT2D eigenvalue weighted by molar-refractivity contribution is 5.91. The van der Waals surface area contributed by atoms with E-state index in [9.17, 15) is 4.79 Å². The first-order valence-corrected chi connectivity index (χ1v) is 4.51. The van der Waals surface area contributed by atoms with Crippen LogP contribution in [-0.2, 0) is 0 Å². The molecule has 1 aromatic heterocycles. The number of amides is 1. The molecule has 0 unspecified atom stereocenters. The van der Waals surface area contributed by atoms with Crippen molar-refractivity contribution in [2.45, 2.75) is 26.3 Å². The van der Waals surface area contributed by atoms with Gasteiger partial charge in [-0.3, -0.25) is 4.79 Å². The van der Waals surface area contributed by atoms with Gasteiger partial charge in [-0.15, -0.1) is 0 Å². The summed E-state index contributed by atoms with van der Waals surface area (Å²) in [5.41, 5.74) is 6.25. The predicted molar refractivity (Wildman–Crippen MR) is 54.0 cm³/mol. The predicted octanol–water partition coefficient (Wildman–Crippen LogP) is 1.06. The molecule has 1 rings (SSSR count). The van der Waals surface area contributed by atoms with Gasteiger partial charge in [-0.2, -0.15) is 0 Å². The van der Waals surface area contributed by atoms with E-state index in [0.717, 1.165) is 5.56 Å². The van der Waals surface area contributed by atoms with Crippen LogP contribution < -0.4 is 11.1 Å². The summed E-state index contributed by atoms with van der Waals surface area (Å²) in [7, 11) is 0. The minimum atomic E-state index is -0.405. The fourth-order valence-corrected chi connectivity index (χ4v) is 0.946. The minimum absolute atomic E-state index is 0.225. The number of hydrogen-bond acceptors (Lipinski definition) is 3. The molecule has 1 aromatic rings. The van der Waals surface area contributed by atoms with Crippen LogP contribution in [0.15, 0.2) is 16.7 Å². The first-order valence-electron chi connectivity index (χ1n) is 4.51. The van der Waals surface area contributed by atoms with Crippen molar-refractivity contribution in [3.8, 4) is 0 Å². The first kappa shape index (κ1) is 10.8. The number of hydrogen-bond donors (Lipinski definition) is 2. The third kappa shape index (κ3) is 3.22. The number of nitrogens with one attached hydrogen (secondary N) is 1. The van der Waals surface area contributed by atoms with Crippen LogP contribution in [-0.4, -0.2) is 18.0 Å². The largest absolute Gasteiger partial charge is 0.459 e. The molecule has 0 atom stereocenters. The zero-order valence-corrected chi connectivity index (χ0v) is 8.76. The summed E-state index contributed by atoms with van der Waals surface area (Å²) in [6.07, 6.45) is 1.54. The molecule has 14 heavy (non-hydrogen) atoms. The molecule has 78 valence electrons. The number of carbonyl (C=O) groups is 1. The molecule has 1 amide bonds. The van der Waals surface area contributed by atoms with E-state index < -0.39 is 5.54 Å². The summed E-state index contributed by atoms with van der Waals surface area (Å²) >= 11 is 0. The lowest BCUT2D eigenvalue weighted by Gasteiger charge is -2.18. The van der Waals surface area contributed by atoms with Crippen molar-refractivity contribution >= 4 is 5.91 Å². The van der Waals surface area contributed by atoms with E-state index in [1.807, 2.05) is 20.8 Å². The molecule has 4 heteroatoms. The van der Waals surface area contributed by atoms with Crippen LogP contribution in [0.2, 0.25) is 0 Å². The van der Waals surface area contributed by atoms with Crippen LogP contribution in [0, 0.1) is 6.92 Å². The van der Waals surface area contributed by atoms with Gasteiger partial charge in [0.2, 0.25) is 0 Å². The molecule has 4 nitrogen and oxygen atoms in total. The van der Waals surface area contributed by atoms with Gasteiger partial charge in [-0.05, 0) is 32.4 Å². The topological polar surface area (TPSA) is 68.3 Å². The van der Waals surface area contributed by atoms with E-state index >= 15 is 0 Å². The van der Waals surface area contributed by atoms with Crippen molar-refractivity contribution < 1.29 is 9.21 Å². The molecule has 3 N–H and O–H groups in total. The second-order valence-electron chi connectivity index (χ2n) is 4.16. The monoisotopic (exact) mass is 196 g/mol. The van der Waals surface area contributed by atoms with Gasteiger partial charge in [-0.25, -0.2) is 0 Å². The molecule has 0 fully saturated rings. The lowest BCUT2D eigenvalue weighted by molar-refractivity contribution is 0.0918. The molecule has 0 aromatic carbocycles. The Morgan fingerprint density at radius 1 is 1.64 bits per heavy atom. The zero-order chi connectivity index (χ0) is 10.8. The maximum atomic E-state index is 11.4. The van der Waals surface area contributed by atoms with Crippen LogP contribution in [0.4, 0.5) is 0 Å². The third-order valence-electron chi connectivity index (χ3n) is 1.66. The highest BCUT2D eigenvalue weighted by Gasteiger charge is 2.15. The summed E-state index contributed by atoms with van der Waals surface area (Å²) in [4.78, 5) is 11.4. The van der Waals surface area contributed by atoms with Crippen molar-refractivity contribution in [3.05, 3.63) is 23.7 Å². The summed E-state index contributed by atoms with van der Waals surface area (Å²) < 4.78 is 5.04. The number of nitrogens with two attached hydrogens (primary N) is 1. The standard InChI is InChI=1S/C10H16N2O2/c1-7-4-8(14-5-7)9(13)12-6-10(2,3)11/h4-5H,6,11H2,1-3H3,(H,12,13). The summed E-state index contributed by atoms with van der Waals surface area (Å²) in [5, 5.41) is 2.69. The van der Waals surface area contributed by atoms with Gasteiger partial charge in [0.15, 0.2) is 5.76 Å². The molecule has 0 aliphatic heterocycles. The van der Waals surface area contributed by atoms with Crippen molar-refractivity contribution in [1.29, 1.82) is 0 Å². The van der Waals surface area contributed by atoms with Crippen LogP contribution in [0.25, 0.3) is 0 Å². The third-order valence-corrected chi connectivity index (χ3v) is 1.66. The molecule has 0 bridgehead atoms. The number of aryl methyl sites for hydroxylation is 1. The Bertz CT molecular complexity index is 323. The second kappa shape index (κ2) is 3.84. The molecule has 0 aliphatic carbocycles.